The van der Waals surface area contributed by atoms with Gasteiger partial charge in [-0.25, -0.2) is 14.6 Å². The zero-order chi connectivity index (χ0) is 28.0. The van der Waals surface area contributed by atoms with Crippen LogP contribution in [-0.2, 0) is 19.2 Å². The summed E-state index contributed by atoms with van der Waals surface area (Å²) in [5.41, 5.74) is 10.6. The van der Waals surface area contributed by atoms with Crippen molar-refractivity contribution in [2.75, 3.05) is 5.73 Å². The molecule has 0 saturated carbocycles. The van der Waals surface area contributed by atoms with Crippen LogP contribution in [0.4, 0.5) is 5.82 Å². The Morgan fingerprint density at radius 3 is 2.60 bits per heavy atom. The van der Waals surface area contributed by atoms with E-state index in [1.807, 2.05) is 55.7 Å². The molecule has 0 atom stereocenters. The van der Waals surface area contributed by atoms with Gasteiger partial charge in [0.25, 0.3) is 0 Å². The van der Waals surface area contributed by atoms with Crippen LogP contribution in [0.1, 0.15) is 25.2 Å². The highest BCUT2D eigenvalue weighted by atomic mass is 35.5. The van der Waals surface area contributed by atoms with Gasteiger partial charge in [0.2, 0.25) is 0 Å². The third-order valence-electron chi connectivity index (χ3n) is 6.35. The van der Waals surface area contributed by atoms with Crippen molar-refractivity contribution < 1.29 is 5.11 Å². The van der Waals surface area contributed by atoms with Gasteiger partial charge in [0, 0.05) is 30.4 Å². The van der Waals surface area contributed by atoms with Crippen LogP contribution in [0.2, 0.25) is 5.02 Å². The third-order valence-corrected chi connectivity index (χ3v) is 6.64. The van der Waals surface area contributed by atoms with Crippen LogP contribution in [0, 0.1) is 0 Å². The number of hydrogen-bond acceptors (Lipinski definition) is 9. The second-order valence-corrected chi connectivity index (χ2v) is 10.3. The van der Waals surface area contributed by atoms with Crippen molar-refractivity contribution in [2.24, 2.45) is 7.05 Å². The van der Waals surface area contributed by atoms with Crippen molar-refractivity contribution in [3.05, 3.63) is 83.5 Å². The van der Waals surface area contributed by atoms with Gasteiger partial charge in [0.05, 0.1) is 40.4 Å². The van der Waals surface area contributed by atoms with E-state index in [0.717, 1.165) is 16.6 Å². The quantitative estimate of drug-likeness (QED) is 0.309. The van der Waals surface area contributed by atoms with Crippen molar-refractivity contribution >= 4 is 28.3 Å². The summed E-state index contributed by atoms with van der Waals surface area (Å²) in [6, 6.07) is 14.9. The predicted octanol–water partition coefficient (Wildman–Crippen LogP) is 4.26. The molecule has 1 aromatic carbocycles. The van der Waals surface area contributed by atoms with Crippen LogP contribution in [0.5, 0.6) is 0 Å². The van der Waals surface area contributed by atoms with E-state index < -0.39 is 5.60 Å². The van der Waals surface area contributed by atoms with E-state index in [-0.39, 0.29) is 5.82 Å². The summed E-state index contributed by atoms with van der Waals surface area (Å²) in [5, 5.41) is 24.8. The summed E-state index contributed by atoms with van der Waals surface area (Å²) >= 11 is 6.62. The lowest BCUT2D eigenvalue weighted by molar-refractivity contribution is 0.0736. The fourth-order valence-corrected chi connectivity index (χ4v) is 4.68. The monoisotopic (exact) mass is 552 g/mol. The second kappa shape index (κ2) is 9.78. The molecule has 40 heavy (non-hydrogen) atoms. The smallest absolute Gasteiger partial charge is 0.152 e. The number of anilines is 1. The lowest BCUT2D eigenvalue weighted by Crippen LogP contribution is -2.18. The minimum Gasteiger partial charge on any atom is -0.384 e. The largest absolute Gasteiger partial charge is 0.384 e. The van der Waals surface area contributed by atoms with Crippen molar-refractivity contribution in [3.63, 3.8) is 0 Å². The number of fused-ring (bicyclic) bond motifs is 1. The second-order valence-electron chi connectivity index (χ2n) is 9.94. The molecule has 0 saturated heterocycles. The average molecular weight is 553 g/mol. The van der Waals surface area contributed by atoms with Gasteiger partial charge in [-0.15, -0.1) is 5.10 Å². The highest BCUT2D eigenvalue weighted by molar-refractivity contribution is 6.35. The molecule has 0 bridgehead atoms. The number of rotatable bonds is 6. The fourth-order valence-electron chi connectivity index (χ4n) is 4.40. The lowest BCUT2D eigenvalue weighted by Gasteiger charge is -2.17. The molecule has 6 rings (SSSR count). The summed E-state index contributed by atoms with van der Waals surface area (Å²) < 4.78 is 3.33. The lowest BCUT2D eigenvalue weighted by atomic mass is 10.0. The Morgan fingerprint density at radius 2 is 1.82 bits per heavy atom. The van der Waals surface area contributed by atoms with E-state index in [9.17, 15) is 5.11 Å². The van der Waals surface area contributed by atoms with Gasteiger partial charge in [0.1, 0.15) is 28.4 Å². The molecule has 0 aliphatic carbocycles. The van der Waals surface area contributed by atoms with Crippen LogP contribution in [0.25, 0.3) is 44.9 Å². The van der Waals surface area contributed by atoms with Crippen molar-refractivity contribution in [1.29, 1.82) is 0 Å². The standard InChI is InChI=1S/C28H25ClN10O/c1-28(2,40)22-8-4-7-18(32-22)14-39-15-21(35-37-39)26-27(30)34-25(20-9-11-38(3)36-20)24(33-26)17-12-16-6-5-10-31-23(16)19(29)13-17/h4-13,15,40H,14H2,1-3H3,(H2,30,34). The number of pyridine rings is 2. The fraction of sp³-hybridized carbons (Fsp3) is 0.179. The number of nitrogens with zero attached hydrogens (tertiary/aromatic N) is 9. The van der Waals surface area contributed by atoms with Crippen LogP contribution in [-0.4, -0.2) is 49.8 Å². The Labute approximate surface area is 234 Å². The molecule has 11 nitrogen and oxygen atoms in total. The molecule has 0 radical (unpaired) electrons. The van der Waals surface area contributed by atoms with Crippen LogP contribution >= 0.6 is 11.6 Å². The highest BCUT2D eigenvalue weighted by Crippen LogP contribution is 2.36. The SMILES string of the molecule is Cn1ccc(-c2nc(N)c(-c3cn(Cc4cccc(C(C)(C)O)n4)nn3)nc2-c2cc(Cl)c3ncccc3c2)n1. The molecule has 0 aliphatic heterocycles. The zero-order valence-corrected chi connectivity index (χ0v) is 22.7. The minimum atomic E-state index is -1.05. The molecule has 3 N–H and O–H groups in total. The number of nitrogens with two attached hydrogens (primary N) is 1. The molecule has 6 aromatic rings. The molecule has 0 unspecified atom stereocenters. The topological polar surface area (TPSA) is 146 Å². The van der Waals surface area contributed by atoms with Crippen LogP contribution in [0.15, 0.2) is 67.1 Å². The first-order chi connectivity index (χ1) is 19.2. The summed E-state index contributed by atoms with van der Waals surface area (Å²) in [4.78, 5) is 18.6. The maximum absolute atomic E-state index is 10.3. The van der Waals surface area contributed by atoms with E-state index in [4.69, 9.17) is 27.3 Å². The Hall–Kier alpha value is -4.74. The average Bonchev–Trinajstić information content (AvgIpc) is 3.57. The summed E-state index contributed by atoms with van der Waals surface area (Å²) in [7, 11) is 1.83. The first-order valence-electron chi connectivity index (χ1n) is 12.5. The van der Waals surface area contributed by atoms with Gasteiger partial charge < -0.3 is 10.8 Å². The number of halogens is 1. The molecular weight excluding hydrogens is 528 g/mol. The Morgan fingerprint density at radius 1 is 0.975 bits per heavy atom. The first kappa shape index (κ1) is 25.5. The van der Waals surface area contributed by atoms with Crippen molar-refractivity contribution in [1.82, 2.24) is 44.7 Å². The third kappa shape index (κ3) is 4.88. The summed E-state index contributed by atoms with van der Waals surface area (Å²) in [6.07, 6.45) is 5.27. The zero-order valence-electron chi connectivity index (χ0n) is 22.0. The Bertz CT molecular complexity index is 1870. The van der Waals surface area contributed by atoms with Gasteiger partial charge >= 0.3 is 0 Å². The summed E-state index contributed by atoms with van der Waals surface area (Å²) in [5.74, 6) is 0.187. The van der Waals surface area contributed by atoms with E-state index in [1.165, 1.54) is 0 Å². The number of aliphatic hydroxyl groups is 1. The first-order valence-corrected chi connectivity index (χ1v) is 12.8. The van der Waals surface area contributed by atoms with Crippen molar-refractivity contribution in [2.45, 2.75) is 26.0 Å². The van der Waals surface area contributed by atoms with Gasteiger partial charge in [-0.1, -0.05) is 28.9 Å². The Balaban J connectivity index is 1.44. The number of nitrogen functional groups attached to an aromatic ring is 1. The van der Waals surface area contributed by atoms with Gasteiger partial charge in [0.15, 0.2) is 5.82 Å². The molecule has 12 heteroatoms. The number of hydrogen-bond donors (Lipinski definition) is 2. The van der Waals surface area contributed by atoms with Gasteiger partial charge in [-0.05, 0) is 50.2 Å². The highest BCUT2D eigenvalue weighted by Gasteiger charge is 2.22. The molecule has 5 heterocycles. The van der Waals surface area contributed by atoms with E-state index in [2.05, 4.69) is 25.4 Å². The molecule has 0 spiro atoms. The van der Waals surface area contributed by atoms with Gasteiger partial charge in [-0.3, -0.25) is 14.6 Å². The Kier molecular flexibility index (Phi) is 6.24. The van der Waals surface area contributed by atoms with E-state index in [0.29, 0.717) is 51.2 Å². The number of aromatic nitrogens is 9. The molecule has 5 aromatic heterocycles. The summed E-state index contributed by atoms with van der Waals surface area (Å²) in [6.45, 7) is 3.73. The number of benzene rings is 1. The molecule has 0 fully saturated rings. The molecule has 200 valence electrons. The predicted molar refractivity (Wildman–Crippen MR) is 152 cm³/mol. The van der Waals surface area contributed by atoms with Gasteiger partial charge in [-0.2, -0.15) is 5.10 Å². The maximum Gasteiger partial charge on any atom is 0.152 e. The van der Waals surface area contributed by atoms with Crippen LogP contribution in [0.3, 0.4) is 0 Å². The molecule has 0 aliphatic rings. The maximum atomic E-state index is 10.3. The normalized spacial score (nSPS) is 11.8. The molecule has 0 amide bonds. The van der Waals surface area contributed by atoms with E-state index in [1.54, 1.807) is 41.7 Å². The van der Waals surface area contributed by atoms with Crippen LogP contribution < -0.4 is 5.73 Å². The molecular formula is C28H25ClN10O. The van der Waals surface area contributed by atoms with Crippen molar-refractivity contribution in [3.8, 4) is 34.0 Å². The minimum absolute atomic E-state index is 0.187. The number of aryl methyl sites for hydroxylation is 1. The van der Waals surface area contributed by atoms with E-state index >= 15 is 0 Å².